The molecule has 7 heteroatoms. The molecule has 1 aromatic heterocycles. The summed E-state index contributed by atoms with van der Waals surface area (Å²) in [6.07, 6.45) is 1.61. The van der Waals surface area contributed by atoms with Crippen LogP contribution in [0.1, 0.15) is 27.9 Å². The number of nitrogens with zero attached hydrogens (tertiary/aromatic N) is 1. The van der Waals surface area contributed by atoms with Gasteiger partial charge in [0.25, 0.3) is 5.56 Å². The van der Waals surface area contributed by atoms with Crippen molar-refractivity contribution in [3.63, 3.8) is 0 Å². The predicted molar refractivity (Wildman–Crippen MR) is 92.3 cm³/mol. The van der Waals surface area contributed by atoms with E-state index in [9.17, 15) is 9.59 Å². The fourth-order valence-electron chi connectivity index (χ4n) is 2.12. The van der Waals surface area contributed by atoms with E-state index in [4.69, 9.17) is 12.2 Å². The average molecular weight is 330 g/mol. The molecule has 0 fully saturated rings. The van der Waals surface area contributed by atoms with Gasteiger partial charge in [-0.15, -0.1) is 0 Å². The molecular formula is C16H18N4O2S. The summed E-state index contributed by atoms with van der Waals surface area (Å²) >= 11 is 4.86. The maximum Gasteiger partial charge on any atom is 0.251 e. The first-order valence-corrected chi connectivity index (χ1v) is 7.48. The lowest BCUT2D eigenvalue weighted by Gasteiger charge is -2.05. The van der Waals surface area contributed by atoms with Crippen molar-refractivity contribution in [3.05, 3.63) is 61.3 Å². The molecule has 120 valence electrons. The lowest BCUT2D eigenvalue weighted by atomic mass is 10.0. The molecule has 0 bridgehead atoms. The molecule has 0 saturated carbocycles. The number of H-pyrrole nitrogens is 2. The zero-order valence-electron chi connectivity index (χ0n) is 13.2. The van der Waals surface area contributed by atoms with E-state index in [-0.39, 0.29) is 22.7 Å². The van der Waals surface area contributed by atoms with E-state index in [1.807, 2.05) is 19.9 Å². The van der Waals surface area contributed by atoms with Gasteiger partial charge in [0.1, 0.15) is 0 Å². The first kappa shape index (κ1) is 16.8. The van der Waals surface area contributed by atoms with Gasteiger partial charge >= 0.3 is 0 Å². The van der Waals surface area contributed by atoms with Gasteiger partial charge in [0.15, 0.2) is 4.77 Å². The Kier molecular flexibility index (Phi) is 5.23. The standard InChI is InChI=1S/C16H18N4O2S/c1-9-4-11(3)12(5-10(9)2)8-17-20-15(22)7-13-6-14(21)19-16(23)18-13/h4-6,8H,7H2,1-3H3,(H,20,22)(H2,18,19,21,23)/b17-8-. The summed E-state index contributed by atoms with van der Waals surface area (Å²) in [4.78, 5) is 28.3. The molecule has 0 spiro atoms. The molecule has 0 aliphatic heterocycles. The Morgan fingerprint density at radius 1 is 1.17 bits per heavy atom. The quantitative estimate of drug-likeness (QED) is 0.455. The minimum Gasteiger partial charge on any atom is -0.335 e. The van der Waals surface area contributed by atoms with Crippen LogP contribution in [0.3, 0.4) is 0 Å². The Morgan fingerprint density at radius 2 is 1.87 bits per heavy atom. The second-order valence-corrected chi connectivity index (χ2v) is 5.78. The van der Waals surface area contributed by atoms with Gasteiger partial charge in [-0.05, 0) is 61.3 Å². The van der Waals surface area contributed by atoms with Gasteiger partial charge in [-0.2, -0.15) is 5.10 Å². The fraction of sp³-hybridized carbons (Fsp3) is 0.250. The van der Waals surface area contributed by atoms with Gasteiger partial charge in [0.2, 0.25) is 5.91 Å². The molecule has 0 unspecified atom stereocenters. The monoisotopic (exact) mass is 330 g/mol. The van der Waals surface area contributed by atoms with Gasteiger partial charge in [-0.1, -0.05) is 6.07 Å². The van der Waals surface area contributed by atoms with Gasteiger partial charge in [0.05, 0.1) is 12.6 Å². The summed E-state index contributed by atoms with van der Waals surface area (Å²) in [7, 11) is 0. The van der Waals surface area contributed by atoms with E-state index in [1.165, 1.54) is 17.2 Å². The highest BCUT2D eigenvalue weighted by molar-refractivity contribution is 7.71. The Hall–Kier alpha value is -2.54. The average Bonchev–Trinajstić information content (AvgIpc) is 2.43. The topological polar surface area (TPSA) is 90.1 Å². The normalized spacial score (nSPS) is 10.9. The summed E-state index contributed by atoms with van der Waals surface area (Å²) in [5.41, 5.74) is 6.96. The highest BCUT2D eigenvalue weighted by Gasteiger charge is 2.04. The van der Waals surface area contributed by atoms with Crippen LogP contribution in [0, 0.1) is 25.5 Å². The molecule has 0 atom stereocenters. The number of nitrogens with one attached hydrogen (secondary N) is 3. The van der Waals surface area contributed by atoms with Crippen LogP contribution in [0.15, 0.2) is 28.1 Å². The van der Waals surface area contributed by atoms with E-state index < -0.39 is 0 Å². The van der Waals surface area contributed by atoms with Crippen LogP contribution < -0.4 is 11.0 Å². The molecule has 2 aromatic rings. The molecule has 3 N–H and O–H groups in total. The number of carbonyl (C=O) groups is 1. The van der Waals surface area contributed by atoms with E-state index in [0.29, 0.717) is 5.69 Å². The van der Waals surface area contributed by atoms with E-state index >= 15 is 0 Å². The van der Waals surface area contributed by atoms with Crippen molar-refractivity contribution in [1.29, 1.82) is 0 Å². The number of rotatable bonds is 4. The second-order valence-electron chi connectivity index (χ2n) is 5.38. The van der Waals surface area contributed by atoms with Crippen LogP contribution in [0.2, 0.25) is 0 Å². The summed E-state index contributed by atoms with van der Waals surface area (Å²) in [6.45, 7) is 6.07. The highest BCUT2D eigenvalue weighted by atomic mass is 32.1. The van der Waals surface area contributed by atoms with Crippen molar-refractivity contribution in [2.75, 3.05) is 0 Å². The number of aryl methyl sites for hydroxylation is 3. The molecule has 23 heavy (non-hydrogen) atoms. The number of amides is 1. The highest BCUT2D eigenvalue weighted by Crippen LogP contribution is 2.13. The van der Waals surface area contributed by atoms with Crippen LogP contribution in [-0.2, 0) is 11.2 Å². The van der Waals surface area contributed by atoms with Crippen molar-refractivity contribution in [3.8, 4) is 0 Å². The Morgan fingerprint density at radius 3 is 2.57 bits per heavy atom. The molecule has 1 heterocycles. The smallest absolute Gasteiger partial charge is 0.251 e. The largest absolute Gasteiger partial charge is 0.335 e. The van der Waals surface area contributed by atoms with Gasteiger partial charge in [0, 0.05) is 11.8 Å². The number of carbonyl (C=O) groups excluding carboxylic acids is 1. The van der Waals surface area contributed by atoms with Crippen molar-refractivity contribution in [1.82, 2.24) is 15.4 Å². The minimum atomic E-state index is -0.342. The zero-order valence-corrected chi connectivity index (χ0v) is 14.0. The number of aromatic nitrogens is 2. The molecule has 0 radical (unpaired) electrons. The number of benzene rings is 1. The fourth-order valence-corrected chi connectivity index (χ4v) is 2.35. The third kappa shape index (κ3) is 4.72. The van der Waals surface area contributed by atoms with Crippen molar-refractivity contribution in [2.45, 2.75) is 27.2 Å². The summed E-state index contributed by atoms with van der Waals surface area (Å²) in [5, 5.41) is 3.96. The van der Waals surface area contributed by atoms with Crippen LogP contribution in [0.4, 0.5) is 0 Å². The summed E-state index contributed by atoms with van der Waals surface area (Å²) in [5.74, 6) is -0.334. The van der Waals surface area contributed by atoms with Crippen LogP contribution in [-0.4, -0.2) is 22.1 Å². The predicted octanol–water partition coefficient (Wildman–Crippen LogP) is 2.05. The van der Waals surface area contributed by atoms with Gasteiger partial charge in [-0.25, -0.2) is 5.43 Å². The first-order chi connectivity index (χ1) is 10.8. The summed E-state index contributed by atoms with van der Waals surface area (Å²) in [6, 6.07) is 5.40. The van der Waals surface area contributed by atoms with Crippen LogP contribution >= 0.6 is 12.2 Å². The SMILES string of the molecule is Cc1cc(C)c(/C=N\NC(=O)Cc2cc(=O)[nH]c(=S)[nH]2)cc1C. The molecule has 0 saturated heterocycles. The van der Waals surface area contributed by atoms with Crippen molar-refractivity contribution >= 4 is 24.3 Å². The molecule has 1 amide bonds. The van der Waals surface area contributed by atoms with Crippen molar-refractivity contribution < 1.29 is 4.79 Å². The maximum atomic E-state index is 11.8. The third-order valence-corrected chi connectivity index (χ3v) is 3.65. The Bertz CT molecular complexity index is 852. The lowest BCUT2D eigenvalue weighted by Crippen LogP contribution is -2.21. The molecule has 0 aliphatic carbocycles. The van der Waals surface area contributed by atoms with Crippen LogP contribution in [0.25, 0.3) is 0 Å². The number of hydrazone groups is 1. The Labute approximate surface area is 138 Å². The second kappa shape index (κ2) is 7.15. The molecular weight excluding hydrogens is 312 g/mol. The minimum absolute atomic E-state index is 0.00317. The van der Waals surface area contributed by atoms with Crippen molar-refractivity contribution in [2.24, 2.45) is 5.10 Å². The molecule has 2 rings (SSSR count). The number of hydrogen-bond acceptors (Lipinski definition) is 4. The van der Waals surface area contributed by atoms with Gasteiger partial charge < -0.3 is 4.98 Å². The van der Waals surface area contributed by atoms with E-state index in [1.54, 1.807) is 6.21 Å². The lowest BCUT2D eigenvalue weighted by molar-refractivity contribution is -0.120. The van der Waals surface area contributed by atoms with E-state index in [0.717, 1.165) is 11.1 Å². The molecule has 1 aromatic carbocycles. The Balaban J connectivity index is 2.03. The number of hydrogen-bond donors (Lipinski definition) is 3. The molecule has 0 aliphatic rings. The van der Waals surface area contributed by atoms with Crippen LogP contribution in [0.5, 0.6) is 0 Å². The first-order valence-electron chi connectivity index (χ1n) is 7.07. The van der Waals surface area contributed by atoms with Gasteiger partial charge in [-0.3, -0.25) is 14.6 Å². The number of aromatic amines is 2. The van der Waals surface area contributed by atoms with E-state index in [2.05, 4.69) is 33.5 Å². The molecule has 6 nitrogen and oxygen atoms in total. The maximum absolute atomic E-state index is 11.8. The third-order valence-electron chi connectivity index (χ3n) is 3.44. The summed E-state index contributed by atoms with van der Waals surface area (Å²) < 4.78 is 0.189. The zero-order chi connectivity index (χ0) is 17.0.